The Hall–Kier alpha value is -0.160. The van der Waals surface area contributed by atoms with Crippen molar-refractivity contribution in [2.24, 2.45) is 5.73 Å². The Balaban J connectivity index is 2.47. The number of nitrogens with two attached hydrogens (primary N) is 1. The molecule has 102 valence electrons. The van der Waals surface area contributed by atoms with Crippen molar-refractivity contribution in [2.75, 3.05) is 0 Å². The summed E-state index contributed by atoms with van der Waals surface area (Å²) in [5.41, 5.74) is 11.6. The average molecular weight is 403 g/mol. The zero-order chi connectivity index (χ0) is 14.0. The maximum atomic E-state index is 6.49. The van der Waals surface area contributed by atoms with E-state index in [1.165, 1.54) is 16.7 Å². The second-order valence-corrected chi connectivity index (χ2v) is 8.25. The van der Waals surface area contributed by atoms with Gasteiger partial charge >= 0.3 is 0 Å². The molecule has 0 amide bonds. The minimum absolute atomic E-state index is 0.0709. The first-order chi connectivity index (χ1) is 9.06. The lowest BCUT2D eigenvalue weighted by Crippen LogP contribution is -2.14. The van der Waals surface area contributed by atoms with Gasteiger partial charge in [0.25, 0.3) is 0 Å². The van der Waals surface area contributed by atoms with E-state index in [4.69, 9.17) is 5.73 Å². The summed E-state index contributed by atoms with van der Waals surface area (Å²) in [7, 11) is 0. The Morgan fingerprint density at radius 2 is 1.84 bits per heavy atom. The summed E-state index contributed by atoms with van der Waals surface area (Å²) in [6.45, 7) is 4.35. The van der Waals surface area contributed by atoms with E-state index >= 15 is 0 Å². The van der Waals surface area contributed by atoms with E-state index in [1.54, 1.807) is 11.3 Å². The van der Waals surface area contributed by atoms with Crippen LogP contribution in [0.5, 0.6) is 0 Å². The summed E-state index contributed by atoms with van der Waals surface area (Å²) in [5.74, 6) is 0. The molecule has 2 rings (SSSR count). The highest BCUT2D eigenvalue weighted by molar-refractivity contribution is 9.12. The van der Waals surface area contributed by atoms with Gasteiger partial charge in [0, 0.05) is 0 Å². The molecule has 0 radical (unpaired) electrons. The highest BCUT2D eigenvalue weighted by atomic mass is 79.9. The number of hydrogen-bond acceptors (Lipinski definition) is 2. The lowest BCUT2D eigenvalue weighted by atomic mass is 9.93. The molecular formula is C15H17Br2NS. The molecule has 2 aromatic rings. The number of aryl methyl sites for hydroxylation is 2. The Morgan fingerprint density at radius 3 is 2.37 bits per heavy atom. The molecule has 0 aliphatic rings. The molecule has 19 heavy (non-hydrogen) atoms. The molecule has 1 aromatic carbocycles. The van der Waals surface area contributed by atoms with Gasteiger partial charge in [-0.1, -0.05) is 32.0 Å². The molecule has 0 bridgehead atoms. The van der Waals surface area contributed by atoms with Gasteiger partial charge in [0.1, 0.15) is 0 Å². The molecule has 1 heterocycles. The van der Waals surface area contributed by atoms with Gasteiger partial charge in [-0.3, -0.25) is 0 Å². The van der Waals surface area contributed by atoms with Crippen LogP contribution in [-0.2, 0) is 12.8 Å². The number of thiophene rings is 1. The van der Waals surface area contributed by atoms with Crippen LogP contribution in [0.4, 0.5) is 0 Å². The van der Waals surface area contributed by atoms with Gasteiger partial charge in [-0.15, -0.1) is 11.3 Å². The van der Waals surface area contributed by atoms with E-state index in [-0.39, 0.29) is 6.04 Å². The number of rotatable bonds is 4. The predicted octanol–water partition coefficient (Wildman–Crippen LogP) is 5.45. The van der Waals surface area contributed by atoms with Gasteiger partial charge < -0.3 is 5.73 Å². The molecule has 4 heteroatoms. The summed E-state index contributed by atoms with van der Waals surface area (Å²) < 4.78 is 2.21. The first-order valence-electron chi connectivity index (χ1n) is 6.38. The normalized spacial score (nSPS) is 12.7. The molecule has 1 aromatic heterocycles. The predicted molar refractivity (Wildman–Crippen MR) is 90.9 cm³/mol. The third kappa shape index (κ3) is 3.30. The Labute approximate surface area is 135 Å². The smallest absolute Gasteiger partial charge is 0.0761 e. The highest BCUT2D eigenvalue weighted by Gasteiger charge is 2.18. The number of hydrogen-bond donors (Lipinski definition) is 1. The van der Waals surface area contributed by atoms with Crippen LogP contribution in [-0.4, -0.2) is 0 Å². The van der Waals surface area contributed by atoms with E-state index in [2.05, 4.69) is 70.0 Å². The highest BCUT2D eigenvalue weighted by Crippen LogP contribution is 2.37. The van der Waals surface area contributed by atoms with E-state index in [0.717, 1.165) is 26.0 Å². The first-order valence-corrected chi connectivity index (χ1v) is 8.79. The van der Waals surface area contributed by atoms with Gasteiger partial charge in [-0.2, -0.15) is 0 Å². The van der Waals surface area contributed by atoms with Gasteiger partial charge in [0.15, 0.2) is 0 Å². The molecule has 1 unspecified atom stereocenters. The SMILES string of the molecule is CCc1ccc(CC)c(C(N)c2cc(Br)sc2Br)c1. The van der Waals surface area contributed by atoms with Crippen molar-refractivity contribution in [3.05, 3.63) is 54.1 Å². The van der Waals surface area contributed by atoms with Crippen LogP contribution in [0.1, 0.15) is 42.1 Å². The van der Waals surface area contributed by atoms with Gasteiger partial charge in [-0.25, -0.2) is 0 Å². The van der Waals surface area contributed by atoms with E-state index in [1.807, 2.05) is 0 Å². The fourth-order valence-electron chi connectivity index (χ4n) is 2.21. The molecule has 1 atom stereocenters. The van der Waals surface area contributed by atoms with Gasteiger partial charge in [-0.05, 0) is 73.0 Å². The molecule has 0 aliphatic heterocycles. The van der Waals surface area contributed by atoms with E-state index < -0.39 is 0 Å². The van der Waals surface area contributed by atoms with Crippen molar-refractivity contribution < 1.29 is 0 Å². The maximum Gasteiger partial charge on any atom is 0.0761 e. The van der Waals surface area contributed by atoms with Crippen LogP contribution in [0, 0.1) is 0 Å². The first kappa shape index (κ1) is 15.2. The van der Waals surface area contributed by atoms with Crippen molar-refractivity contribution >= 4 is 43.2 Å². The van der Waals surface area contributed by atoms with Crippen LogP contribution < -0.4 is 5.73 Å². The van der Waals surface area contributed by atoms with Crippen molar-refractivity contribution in [1.82, 2.24) is 0 Å². The molecule has 2 N–H and O–H groups in total. The summed E-state index contributed by atoms with van der Waals surface area (Å²) in [4.78, 5) is 0. The van der Waals surface area contributed by atoms with Crippen LogP contribution >= 0.6 is 43.2 Å². The minimum atomic E-state index is -0.0709. The van der Waals surface area contributed by atoms with Crippen LogP contribution in [0.3, 0.4) is 0 Å². The lowest BCUT2D eigenvalue weighted by Gasteiger charge is -2.17. The summed E-state index contributed by atoms with van der Waals surface area (Å²) >= 11 is 8.80. The standard InChI is InChI=1S/C15H17Br2NS/c1-3-9-5-6-10(4-2)11(7-9)14(18)12-8-13(16)19-15(12)17/h5-8,14H,3-4,18H2,1-2H3. The molecule has 0 aliphatic carbocycles. The van der Waals surface area contributed by atoms with Crippen molar-refractivity contribution in [1.29, 1.82) is 0 Å². The second kappa shape index (κ2) is 6.53. The molecule has 0 saturated heterocycles. The monoisotopic (exact) mass is 401 g/mol. The zero-order valence-electron chi connectivity index (χ0n) is 11.0. The summed E-state index contributed by atoms with van der Waals surface area (Å²) in [5, 5.41) is 0. The number of halogens is 2. The third-order valence-corrected chi connectivity index (χ3v) is 5.74. The third-order valence-electron chi connectivity index (χ3n) is 3.35. The average Bonchev–Trinajstić information content (AvgIpc) is 2.76. The van der Waals surface area contributed by atoms with Crippen LogP contribution in [0.2, 0.25) is 0 Å². The molecule has 0 fully saturated rings. The fraction of sp³-hybridized carbons (Fsp3) is 0.333. The molecule has 1 nitrogen and oxygen atoms in total. The zero-order valence-corrected chi connectivity index (χ0v) is 15.0. The van der Waals surface area contributed by atoms with Gasteiger partial charge in [0.2, 0.25) is 0 Å². The van der Waals surface area contributed by atoms with Gasteiger partial charge in [0.05, 0.1) is 13.6 Å². The Kier molecular flexibility index (Phi) is 5.23. The second-order valence-electron chi connectivity index (χ2n) is 4.50. The van der Waals surface area contributed by atoms with Crippen molar-refractivity contribution in [3.63, 3.8) is 0 Å². The van der Waals surface area contributed by atoms with Crippen molar-refractivity contribution in [3.8, 4) is 0 Å². The van der Waals surface area contributed by atoms with E-state index in [9.17, 15) is 0 Å². The largest absolute Gasteiger partial charge is 0.320 e. The molecule has 0 saturated carbocycles. The number of benzene rings is 1. The Morgan fingerprint density at radius 1 is 1.11 bits per heavy atom. The fourth-order valence-corrected chi connectivity index (χ4v) is 5.14. The van der Waals surface area contributed by atoms with Crippen molar-refractivity contribution in [2.45, 2.75) is 32.7 Å². The molecule has 0 spiro atoms. The lowest BCUT2D eigenvalue weighted by molar-refractivity contribution is 0.845. The topological polar surface area (TPSA) is 26.0 Å². The van der Waals surface area contributed by atoms with Crippen LogP contribution in [0.15, 0.2) is 31.8 Å². The molecular weight excluding hydrogens is 386 g/mol. The Bertz CT molecular complexity index is 578. The maximum absolute atomic E-state index is 6.49. The quantitative estimate of drug-likeness (QED) is 0.723. The summed E-state index contributed by atoms with van der Waals surface area (Å²) in [6, 6.07) is 8.70. The van der Waals surface area contributed by atoms with E-state index in [0.29, 0.717) is 0 Å². The minimum Gasteiger partial charge on any atom is -0.320 e. The van der Waals surface area contributed by atoms with Crippen LogP contribution in [0.25, 0.3) is 0 Å². The summed E-state index contributed by atoms with van der Waals surface area (Å²) in [6.07, 6.45) is 2.05.